The number of aryl methyl sites for hydroxylation is 1. The summed E-state index contributed by atoms with van der Waals surface area (Å²) in [6.07, 6.45) is 3.52. The lowest BCUT2D eigenvalue weighted by molar-refractivity contribution is -0.124. The van der Waals surface area contributed by atoms with Crippen LogP contribution in [0.4, 0.5) is 5.69 Å². The van der Waals surface area contributed by atoms with Gasteiger partial charge in [0, 0.05) is 52.4 Å². The molecule has 2 amide bonds. The van der Waals surface area contributed by atoms with Crippen molar-refractivity contribution >= 4 is 47.4 Å². The summed E-state index contributed by atoms with van der Waals surface area (Å²) in [4.78, 5) is 31.9. The molecule has 10 heteroatoms. The fourth-order valence-electron chi connectivity index (χ4n) is 2.57. The van der Waals surface area contributed by atoms with Gasteiger partial charge >= 0.3 is 0 Å². The molecule has 2 heterocycles. The predicted molar refractivity (Wildman–Crippen MR) is 112 cm³/mol. The van der Waals surface area contributed by atoms with Crippen molar-refractivity contribution in [3.05, 3.63) is 12.4 Å². The first kappa shape index (κ1) is 22.2. The summed E-state index contributed by atoms with van der Waals surface area (Å²) in [5.41, 5.74) is 0.812. The van der Waals surface area contributed by atoms with E-state index in [1.165, 1.54) is 0 Å². The van der Waals surface area contributed by atoms with E-state index in [1.54, 1.807) is 22.8 Å². The number of nitrogens with zero attached hydrogens (tertiary/aromatic N) is 5. The van der Waals surface area contributed by atoms with Gasteiger partial charge in [-0.2, -0.15) is 5.10 Å². The highest BCUT2D eigenvalue weighted by molar-refractivity contribution is 14.0. The smallest absolute Gasteiger partial charge is 0.246 e. The Morgan fingerprint density at radius 3 is 2.54 bits per heavy atom. The zero-order valence-electron chi connectivity index (χ0n) is 15.7. The Morgan fingerprint density at radius 2 is 2.00 bits per heavy atom. The van der Waals surface area contributed by atoms with Crippen molar-refractivity contribution in [1.29, 1.82) is 0 Å². The van der Waals surface area contributed by atoms with E-state index in [-0.39, 0.29) is 48.3 Å². The van der Waals surface area contributed by atoms with E-state index in [0.29, 0.717) is 32.1 Å². The molecule has 0 aromatic carbocycles. The predicted octanol–water partition coefficient (Wildman–Crippen LogP) is 0.0343. The fourth-order valence-corrected chi connectivity index (χ4v) is 2.57. The highest BCUT2D eigenvalue weighted by Gasteiger charge is 2.27. The van der Waals surface area contributed by atoms with Crippen LogP contribution in [0.15, 0.2) is 17.4 Å². The summed E-state index contributed by atoms with van der Waals surface area (Å²) in [7, 11) is 3.51. The highest BCUT2D eigenvalue weighted by Crippen LogP contribution is 2.15. The second kappa shape index (κ2) is 10.3. The summed E-state index contributed by atoms with van der Waals surface area (Å²) >= 11 is 0. The van der Waals surface area contributed by atoms with Gasteiger partial charge in [-0.1, -0.05) is 13.8 Å². The van der Waals surface area contributed by atoms with Crippen LogP contribution in [0.5, 0.6) is 0 Å². The van der Waals surface area contributed by atoms with Crippen molar-refractivity contribution in [2.24, 2.45) is 18.0 Å². The van der Waals surface area contributed by atoms with Crippen molar-refractivity contribution in [1.82, 2.24) is 25.3 Å². The number of hydrogen-bond acceptors (Lipinski definition) is 4. The largest absolute Gasteiger partial charge is 0.354 e. The van der Waals surface area contributed by atoms with Crippen LogP contribution >= 0.6 is 24.0 Å². The van der Waals surface area contributed by atoms with Crippen molar-refractivity contribution in [2.45, 2.75) is 13.8 Å². The molecule has 1 aliphatic rings. The van der Waals surface area contributed by atoms with Gasteiger partial charge in [-0.15, -0.1) is 24.0 Å². The number of aliphatic imine (C=N–C) groups is 1. The van der Waals surface area contributed by atoms with Crippen LogP contribution in [0.3, 0.4) is 0 Å². The summed E-state index contributed by atoms with van der Waals surface area (Å²) in [6.45, 7) is 6.30. The molecular formula is C16H28IN7O2. The second-order valence-electron chi connectivity index (χ2n) is 6.26. The molecule has 0 unspecified atom stereocenters. The zero-order valence-corrected chi connectivity index (χ0v) is 18.1. The zero-order chi connectivity index (χ0) is 18.4. The molecule has 0 radical (unpaired) electrons. The van der Waals surface area contributed by atoms with E-state index >= 15 is 0 Å². The molecule has 0 atom stereocenters. The van der Waals surface area contributed by atoms with Crippen LogP contribution in [0.1, 0.15) is 13.8 Å². The molecule has 1 aliphatic heterocycles. The van der Waals surface area contributed by atoms with Crippen molar-refractivity contribution in [3.63, 3.8) is 0 Å². The van der Waals surface area contributed by atoms with Crippen LogP contribution in [-0.2, 0) is 16.6 Å². The van der Waals surface area contributed by atoms with Crippen LogP contribution in [0.25, 0.3) is 0 Å². The number of anilines is 1. The van der Waals surface area contributed by atoms with E-state index in [1.807, 2.05) is 32.0 Å². The number of nitrogens with one attached hydrogen (secondary N) is 2. The Bertz CT molecular complexity index is 644. The summed E-state index contributed by atoms with van der Waals surface area (Å²) in [5.74, 6) is 0.669. The molecule has 1 aromatic heterocycles. The first-order chi connectivity index (χ1) is 11.9. The number of carbonyl (C=O) groups excluding carboxylic acids is 2. The molecule has 0 saturated carbocycles. The maximum absolute atomic E-state index is 12.4. The van der Waals surface area contributed by atoms with Gasteiger partial charge in [-0.05, 0) is 0 Å². The number of carbonyl (C=O) groups is 2. The van der Waals surface area contributed by atoms with Gasteiger partial charge in [0.2, 0.25) is 11.8 Å². The number of piperazine rings is 1. The van der Waals surface area contributed by atoms with Gasteiger partial charge in [-0.3, -0.25) is 19.3 Å². The Balaban J connectivity index is 0.00000338. The van der Waals surface area contributed by atoms with Crippen molar-refractivity contribution in [2.75, 3.05) is 44.7 Å². The molecule has 146 valence electrons. The summed E-state index contributed by atoms with van der Waals surface area (Å²) in [6, 6.07) is 0. The quantitative estimate of drug-likeness (QED) is 0.270. The maximum Gasteiger partial charge on any atom is 0.246 e. The Kier molecular flexibility index (Phi) is 8.82. The normalized spacial score (nSPS) is 15.1. The van der Waals surface area contributed by atoms with E-state index < -0.39 is 0 Å². The van der Waals surface area contributed by atoms with E-state index in [9.17, 15) is 9.59 Å². The Labute approximate surface area is 171 Å². The SMILES string of the molecule is CN=C(NCCNC(=O)C(C)C)N1CCN(c2cnn(C)c2)C(=O)C1.I. The lowest BCUT2D eigenvalue weighted by atomic mass is 10.2. The van der Waals surface area contributed by atoms with E-state index in [0.717, 1.165) is 5.69 Å². The first-order valence-corrected chi connectivity index (χ1v) is 8.44. The molecule has 26 heavy (non-hydrogen) atoms. The fraction of sp³-hybridized carbons (Fsp3) is 0.625. The third-order valence-corrected chi connectivity index (χ3v) is 3.97. The average Bonchev–Trinajstić information content (AvgIpc) is 3.00. The van der Waals surface area contributed by atoms with Gasteiger partial charge in [-0.25, -0.2) is 0 Å². The lowest BCUT2D eigenvalue weighted by Gasteiger charge is -2.35. The average molecular weight is 477 g/mol. The minimum absolute atomic E-state index is 0. The summed E-state index contributed by atoms with van der Waals surface area (Å²) in [5, 5.41) is 10.1. The maximum atomic E-state index is 12.4. The lowest BCUT2D eigenvalue weighted by Crippen LogP contribution is -2.56. The molecule has 9 nitrogen and oxygen atoms in total. The van der Waals surface area contributed by atoms with E-state index in [4.69, 9.17) is 0 Å². The van der Waals surface area contributed by atoms with Crippen molar-refractivity contribution < 1.29 is 9.59 Å². The monoisotopic (exact) mass is 477 g/mol. The van der Waals surface area contributed by atoms with Gasteiger partial charge in [0.05, 0.1) is 11.9 Å². The summed E-state index contributed by atoms with van der Waals surface area (Å²) < 4.78 is 1.68. The molecule has 2 rings (SSSR count). The number of amides is 2. The Hall–Kier alpha value is -1.85. The van der Waals surface area contributed by atoms with E-state index in [2.05, 4.69) is 20.7 Å². The minimum atomic E-state index is -0.0301. The molecule has 1 fully saturated rings. The van der Waals surface area contributed by atoms with Crippen LogP contribution < -0.4 is 15.5 Å². The molecular weight excluding hydrogens is 449 g/mol. The van der Waals surface area contributed by atoms with Crippen molar-refractivity contribution in [3.8, 4) is 0 Å². The topological polar surface area (TPSA) is 94.9 Å². The number of hydrogen-bond donors (Lipinski definition) is 2. The molecule has 0 bridgehead atoms. The number of aromatic nitrogens is 2. The third kappa shape index (κ3) is 5.85. The van der Waals surface area contributed by atoms with Gasteiger partial charge in [0.25, 0.3) is 0 Å². The molecule has 1 aromatic rings. The van der Waals surface area contributed by atoms with Crippen LogP contribution in [-0.4, -0.2) is 72.2 Å². The molecule has 0 aliphatic carbocycles. The number of rotatable bonds is 5. The highest BCUT2D eigenvalue weighted by atomic mass is 127. The number of halogens is 1. The number of guanidine groups is 1. The standard InChI is InChI=1S/C16H27N7O2.HI/c1-12(2)15(25)18-5-6-19-16(17-3)22-7-8-23(14(24)11-22)13-9-20-21(4)10-13;/h9-10,12H,5-8,11H2,1-4H3,(H,17,19)(H,18,25);1H. The Morgan fingerprint density at radius 1 is 1.31 bits per heavy atom. The first-order valence-electron chi connectivity index (χ1n) is 8.44. The second-order valence-corrected chi connectivity index (χ2v) is 6.26. The molecule has 0 spiro atoms. The van der Waals surface area contributed by atoms with Gasteiger partial charge in [0.1, 0.15) is 6.54 Å². The third-order valence-electron chi connectivity index (χ3n) is 3.97. The minimum Gasteiger partial charge on any atom is -0.354 e. The molecule has 2 N–H and O–H groups in total. The van der Waals surface area contributed by atoms with Gasteiger partial charge < -0.3 is 20.4 Å². The van der Waals surface area contributed by atoms with Crippen LogP contribution in [0.2, 0.25) is 0 Å². The molecule has 1 saturated heterocycles. The van der Waals surface area contributed by atoms with Crippen LogP contribution in [0, 0.1) is 5.92 Å². The van der Waals surface area contributed by atoms with Gasteiger partial charge in [0.15, 0.2) is 5.96 Å².